The maximum atomic E-state index is 13.5. The largest absolute Gasteiger partial charge is 0.487 e. The Morgan fingerprint density at radius 3 is 2.90 bits per heavy atom. The van der Waals surface area contributed by atoms with Crippen LogP contribution in [0.25, 0.3) is 20.7 Å². The molecule has 7 rings (SSSR count). The number of ether oxygens (including phenoxy) is 1. The Morgan fingerprint density at radius 1 is 1.10 bits per heavy atom. The number of halogens is 2. The predicted octanol–water partition coefficient (Wildman–Crippen LogP) is 6.67. The minimum Gasteiger partial charge on any atom is -0.487 e. The number of thiophene rings is 1. The maximum absolute atomic E-state index is 13.5. The molecule has 0 saturated heterocycles. The SMILES string of the molecule is Fc1cccc(COc2ccc(Nc3ncnc4sc5c(c34)CCc3c-5cnn3CCn3ccnc3)cc2Cl)c1. The highest BCUT2D eigenvalue weighted by Crippen LogP contribution is 2.45. The molecule has 2 aromatic carbocycles. The number of benzene rings is 2. The molecule has 1 N–H and O–H groups in total. The van der Waals surface area contributed by atoms with E-state index in [0.29, 0.717) is 10.8 Å². The van der Waals surface area contributed by atoms with Crippen LogP contribution in [0, 0.1) is 5.82 Å². The van der Waals surface area contributed by atoms with E-state index in [0.717, 1.165) is 53.2 Å². The zero-order valence-corrected chi connectivity index (χ0v) is 22.8. The highest BCUT2D eigenvalue weighted by Gasteiger charge is 2.27. The Morgan fingerprint density at radius 2 is 2.05 bits per heavy atom. The first-order valence-electron chi connectivity index (χ1n) is 12.8. The maximum Gasteiger partial charge on any atom is 0.142 e. The minimum atomic E-state index is -0.297. The molecule has 0 atom stereocenters. The van der Waals surface area contributed by atoms with Crippen molar-refractivity contribution in [2.45, 2.75) is 32.5 Å². The third kappa shape index (κ3) is 4.69. The normalized spacial score (nSPS) is 12.3. The van der Waals surface area contributed by atoms with E-state index < -0.39 is 0 Å². The summed E-state index contributed by atoms with van der Waals surface area (Å²) in [7, 11) is 0. The first-order valence-corrected chi connectivity index (χ1v) is 14.0. The molecule has 0 fully saturated rings. The van der Waals surface area contributed by atoms with Gasteiger partial charge < -0.3 is 14.6 Å². The average molecular weight is 572 g/mol. The van der Waals surface area contributed by atoms with E-state index >= 15 is 0 Å². The lowest BCUT2D eigenvalue weighted by molar-refractivity contribution is 0.306. The van der Waals surface area contributed by atoms with Gasteiger partial charge in [-0.25, -0.2) is 19.3 Å². The molecule has 0 aliphatic heterocycles. The van der Waals surface area contributed by atoms with Crippen LogP contribution in [0.15, 0.2) is 73.7 Å². The molecule has 11 heteroatoms. The molecule has 8 nitrogen and oxygen atoms in total. The van der Waals surface area contributed by atoms with Crippen molar-refractivity contribution in [2.24, 2.45) is 0 Å². The first-order chi connectivity index (χ1) is 19.6. The average Bonchev–Trinajstić information content (AvgIpc) is 3.70. The summed E-state index contributed by atoms with van der Waals surface area (Å²) < 4.78 is 23.5. The highest BCUT2D eigenvalue weighted by molar-refractivity contribution is 7.22. The number of hydrogen-bond acceptors (Lipinski definition) is 7. The number of aromatic nitrogens is 6. The summed E-state index contributed by atoms with van der Waals surface area (Å²) in [5.41, 5.74) is 5.18. The third-order valence-corrected chi connectivity index (χ3v) is 8.47. The van der Waals surface area contributed by atoms with E-state index in [1.54, 1.807) is 42.1 Å². The molecule has 0 radical (unpaired) electrons. The predicted molar refractivity (Wildman–Crippen MR) is 154 cm³/mol. The van der Waals surface area contributed by atoms with Crippen molar-refractivity contribution >= 4 is 44.7 Å². The van der Waals surface area contributed by atoms with E-state index in [9.17, 15) is 4.39 Å². The van der Waals surface area contributed by atoms with E-state index in [-0.39, 0.29) is 12.4 Å². The number of hydrogen-bond donors (Lipinski definition) is 1. The lowest BCUT2D eigenvalue weighted by atomic mass is 9.95. The topological polar surface area (TPSA) is 82.7 Å². The van der Waals surface area contributed by atoms with Crippen molar-refractivity contribution in [3.05, 3.63) is 101 Å². The molecule has 0 amide bonds. The van der Waals surface area contributed by atoms with Gasteiger partial charge in [-0.2, -0.15) is 5.10 Å². The molecule has 0 spiro atoms. The molecule has 1 aliphatic rings. The lowest BCUT2D eigenvalue weighted by Gasteiger charge is -2.16. The Bertz CT molecular complexity index is 1830. The van der Waals surface area contributed by atoms with Crippen LogP contribution in [0.3, 0.4) is 0 Å². The zero-order valence-electron chi connectivity index (χ0n) is 21.2. The fourth-order valence-corrected chi connectivity index (χ4v) is 6.55. The van der Waals surface area contributed by atoms with Gasteiger partial charge in [0.25, 0.3) is 0 Å². The van der Waals surface area contributed by atoms with Crippen molar-refractivity contribution in [2.75, 3.05) is 5.32 Å². The first kappa shape index (κ1) is 24.7. The Kier molecular flexibility index (Phi) is 6.41. The summed E-state index contributed by atoms with van der Waals surface area (Å²) >= 11 is 8.21. The number of nitrogens with zero attached hydrogens (tertiary/aromatic N) is 6. The molecule has 0 unspecified atom stereocenters. The summed E-state index contributed by atoms with van der Waals surface area (Å²) in [6, 6.07) is 11.8. The van der Waals surface area contributed by atoms with Crippen LogP contribution in [-0.2, 0) is 32.5 Å². The van der Waals surface area contributed by atoms with Crippen LogP contribution in [0.4, 0.5) is 15.9 Å². The summed E-state index contributed by atoms with van der Waals surface area (Å²) in [5.74, 6) is 0.965. The second kappa shape index (κ2) is 10.4. The molecule has 6 aromatic rings. The van der Waals surface area contributed by atoms with Crippen molar-refractivity contribution in [1.82, 2.24) is 29.3 Å². The standard InChI is InChI=1S/C29H23ClFN7OS/c30-23-13-20(4-7-25(23)39-15-18-2-1-3-19(31)12-18)36-28-26-21-5-6-24-22(27(21)40-29(26)34-16-33-28)14-35-38(24)11-10-37-9-8-32-17-37/h1-4,7-9,12-14,16-17H,5-6,10-11,15H2,(H,33,34,36). The van der Waals surface area contributed by atoms with Gasteiger partial charge in [0, 0.05) is 40.8 Å². The molecule has 200 valence electrons. The van der Waals surface area contributed by atoms with Gasteiger partial charge in [0.1, 0.15) is 35.1 Å². The van der Waals surface area contributed by atoms with Gasteiger partial charge in [0.2, 0.25) is 0 Å². The monoisotopic (exact) mass is 571 g/mol. The van der Waals surface area contributed by atoms with E-state index in [2.05, 4.69) is 29.5 Å². The van der Waals surface area contributed by atoms with Gasteiger partial charge in [-0.05, 0) is 54.3 Å². The molecule has 40 heavy (non-hydrogen) atoms. The van der Waals surface area contributed by atoms with Crippen LogP contribution in [-0.4, -0.2) is 29.3 Å². The fourth-order valence-electron chi connectivity index (χ4n) is 5.09. The minimum absolute atomic E-state index is 0.222. The lowest BCUT2D eigenvalue weighted by Crippen LogP contribution is -2.13. The van der Waals surface area contributed by atoms with Gasteiger partial charge in [-0.1, -0.05) is 23.7 Å². The molecule has 4 heterocycles. The van der Waals surface area contributed by atoms with Crippen LogP contribution in [0.2, 0.25) is 5.02 Å². The van der Waals surface area contributed by atoms with Crippen LogP contribution < -0.4 is 10.1 Å². The van der Waals surface area contributed by atoms with E-state index in [1.807, 2.05) is 30.9 Å². The summed E-state index contributed by atoms with van der Waals surface area (Å²) in [6.07, 6.45) is 10.9. The molecule has 1 aliphatic carbocycles. The van der Waals surface area contributed by atoms with Crippen LogP contribution >= 0.6 is 22.9 Å². The van der Waals surface area contributed by atoms with Crippen molar-refractivity contribution in [3.8, 4) is 16.2 Å². The molecule has 0 saturated carbocycles. The van der Waals surface area contributed by atoms with Gasteiger partial charge in [0.05, 0.1) is 29.5 Å². The quantitative estimate of drug-likeness (QED) is 0.220. The second-order valence-electron chi connectivity index (χ2n) is 9.53. The van der Waals surface area contributed by atoms with Gasteiger partial charge in [0.15, 0.2) is 0 Å². The zero-order chi connectivity index (χ0) is 27.1. The van der Waals surface area contributed by atoms with Gasteiger partial charge in [-0.15, -0.1) is 11.3 Å². The molecule has 0 bridgehead atoms. The Labute approximate surface area is 238 Å². The fraction of sp³-hybridized carbons (Fsp3) is 0.172. The summed E-state index contributed by atoms with van der Waals surface area (Å²) in [4.78, 5) is 15.4. The Hall–Kier alpha value is -4.28. The van der Waals surface area contributed by atoms with Crippen LogP contribution in [0.1, 0.15) is 16.8 Å². The smallest absolute Gasteiger partial charge is 0.142 e. The second-order valence-corrected chi connectivity index (χ2v) is 10.9. The third-order valence-electron chi connectivity index (χ3n) is 7.00. The van der Waals surface area contributed by atoms with Gasteiger partial charge in [-0.3, -0.25) is 4.68 Å². The van der Waals surface area contributed by atoms with Crippen LogP contribution in [0.5, 0.6) is 5.75 Å². The van der Waals surface area contributed by atoms with E-state index in [4.69, 9.17) is 21.4 Å². The summed E-state index contributed by atoms with van der Waals surface area (Å²) in [6.45, 7) is 1.84. The van der Waals surface area contributed by atoms with Crippen molar-refractivity contribution in [3.63, 3.8) is 0 Å². The Balaban J connectivity index is 1.13. The number of imidazole rings is 1. The summed E-state index contributed by atoms with van der Waals surface area (Å²) in [5, 5.41) is 9.62. The number of aryl methyl sites for hydroxylation is 3. The molecular weight excluding hydrogens is 549 g/mol. The van der Waals surface area contributed by atoms with Crippen molar-refractivity contribution in [1.29, 1.82) is 0 Å². The highest BCUT2D eigenvalue weighted by atomic mass is 35.5. The number of anilines is 2. The number of fused-ring (bicyclic) bond motifs is 5. The number of rotatable bonds is 8. The van der Waals surface area contributed by atoms with Crippen molar-refractivity contribution < 1.29 is 9.13 Å². The number of nitrogens with one attached hydrogen (secondary N) is 1. The van der Waals surface area contributed by atoms with E-state index in [1.165, 1.54) is 33.8 Å². The van der Waals surface area contributed by atoms with Gasteiger partial charge >= 0.3 is 0 Å². The molecular formula is C29H23ClFN7OS. The molecule has 4 aromatic heterocycles.